The van der Waals surface area contributed by atoms with E-state index in [1.807, 2.05) is 74.5 Å². The van der Waals surface area contributed by atoms with E-state index in [0.717, 1.165) is 39.0 Å². The summed E-state index contributed by atoms with van der Waals surface area (Å²) in [7, 11) is 1.62. The molecule has 0 saturated carbocycles. The Kier molecular flexibility index (Phi) is 8.70. The number of aryl methyl sites for hydroxylation is 1. The molecule has 10 heteroatoms. The van der Waals surface area contributed by atoms with Crippen LogP contribution in [0.3, 0.4) is 0 Å². The van der Waals surface area contributed by atoms with E-state index in [-0.39, 0.29) is 18.1 Å². The van der Waals surface area contributed by atoms with Crippen LogP contribution in [0.4, 0.5) is 0 Å². The summed E-state index contributed by atoms with van der Waals surface area (Å²) in [5, 5.41) is 1.73. The predicted octanol–water partition coefficient (Wildman–Crippen LogP) is 5.54. The lowest BCUT2D eigenvalue weighted by molar-refractivity contribution is -0.139. The predicted molar refractivity (Wildman–Crippen MR) is 182 cm³/mol. The van der Waals surface area contributed by atoms with Gasteiger partial charge in [0.2, 0.25) is 0 Å². The van der Waals surface area contributed by atoms with Gasteiger partial charge >= 0.3 is 11.9 Å². The number of hydrogen-bond donors (Lipinski definition) is 0. The highest BCUT2D eigenvalue weighted by molar-refractivity contribution is 7.07. The Labute approximate surface area is 275 Å². The third-order valence-electron chi connectivity index (χ3n) is 8.34. The number of methoxy groups -OCH3 is 1. The lowest BCUT2D eigenvalue weighted by Crippen LogP contribution is -2.40. The van der Waals surface area contributed by atoms with E-state index in [2.05, 4.69) is 4.57 Å². The fraction of sp³-hybridized carbons (Fsp3) is 0.243. The van der Waals surface area contributed by atoms with Gasteiger partial charge in [0.25, 0.3) is 5.56 Å². The molecule has 240 valence electrons. The zero-order chi connectivity index (χ0) is 33.4. The molecule has 47 heavy (non-hydrogen) atoms. The number of hydrogen-bond acceptors (Lipinski definition) is 8. The Morgan fingerprint density at radius 1 is 0.915 bits per heavy atom. The number of rotatable bonds is 8. The van der Waals surface area contributed by atoms with Crippen molar-refractivity contribution < 1.29 is 23.8 Å². The number of ether oxygens (including phenoxy) is 3. The molecule has 0 N–H and O–H groups in total. The average molecular weight is 650 g/mol. The summed E-state index contributed by atoms with van der Waals surface area (Å²) in [5.41, 5.74) is 5.48. The smallest absolute Gasteiger partial charge is 0.338 e. The van der Waals surface area contributed by atoms with E-state index in [9.17, 15) is 14.4 Å². The highest BCUT2D eigenvalue weighted by Crippen LogP contribution is 2.38. The van der Waals surface area contributed by atoms with Gasteiger partial charge in [-0.1, -0.05) is 41.7 Å². The highest BCUT2D eigenvalue weighted by atomic mass is 32.1. The number of allylic oxidation sites excluding steroid dienone is 1. The van der Waals surface area contributed by atoms with E-state index < -0.39 is 12.0 Å². The molecule has 0 saturated heterocycles. The van der Waals surface area contributed by atoms with Crippen molar-refractivity contribution in [3.05, 3.63) is 126 Å². The maximum atomic E-state index is 14.4. The third-order valence-corrected chi connectivity index (χ3v) is 9.33. The van der Waals surface area contributed by atoms with E-state index in [4.69, 9.17) is 19.2 Å². The molecule has 9 nitrogen and oxygen atoms in total. The maximum absolute atomic E-state index is 14.4. The fourth-order valence-electron chi connectivity index (χ4n) is 6.23. The van der Waals surface area contributed by atoms with Crippen molar-refractivity contribution in [3.8, 4) is 11.4 Å². The summed E-state index contributed by atoms with van der Waals surface area (Å²) in [6, 6.07) is 20.1. The van der Waals surface area contributed by atoms with Crippen molar-refractivity contribution in [2.75, 3.05) is 20.3 Å². The summed E-state index contributed by atoms with van der Waals surface area (Å²) >= 11 is 1.29. The number of esters is 2. The molecular formula is C37H35N3O6S. The second-order valence-corrected chi connectivity index (χ2v) is 12.1. The van der Waals surface area contributed by atoms with Gasteiger partial charge in [-0.25, -0.2) is 14.6 Å². The third kappa shape index (κ3) is 5.59. The van der Waals surface area contributed by atoms with Crippen LogP contribution in [-0.2, 0) is 14.3 Å². The van der Waals surface area contributed by atoms with E-state index in [0.29, 0.717) is 38.5 Å². The standard InChI is InChI=1S/C37H35N3O6S/c1-7-45-35(42)24-13-15-26(16-14-24)39-21(3)19-25(23(39)5)20-31-34(41)40-33(32(36(43)46-8-2)22(4)38-37(40)47-31)29-17-18-30(44-6)28-12-10-9-11-27(28)29/h9-20,33H,7-8H2,1-6H3/b31-20+/t33-/m1/s1. The van der Waals surface area contributed by atoms with E-state index in [1.54, 1.807) is 44.6 Å². The normalized spacial score (nSPS) is 14.6. The van der Waals surface area contributed by atoms with Gasteiger partial charge in [-0.15, -0.1) is 0 Å². The molecule has 0 fully saturated rings. The average Bonchev–Trinajstić information content (AvgIpc) is 3.52. The quantitative estimate of drug-likeness (QED) is 0.205. The Balaban J connectivity index is 1.51. The van der Waals surface area contributed by atoms with Gasteiger partial charge < -0.3 is 18.8 Å². The van der Waals surface area contributed by atoms with Crippen molar-refractivity contribution in [1.29, 1.82) is 0 Å². The second-order valence-electron chi connectivity index (χ2n) is 11.1. The molecule has 3 aromatic carbocycles. The molecule has 1 aliphatic heterocycles. The van der Waals surface area contributed by atoms with Gasteiger partial charge in [0.1, 0.15) is 5.75 Å². The lowest BCUT2D eigenvalue weighted by atomic mass is 9.91. The summed E-state index contributed by atoms with van der Waals surface area (Å²) in [5.74, 6) is -0.176. The molecule has 1 aliphatic rings. The first-order valence-corrected chi connectivity index (χ1v) is 16.2. The van der Waals surface area contributed by atoms with E-state index >= 15 is 0 Å². The Hall–Kier alpha value is -5.22. The van der Waals surface area contributed by atoms with Crippen molar-refractivity contribution in [2.24, 2.45) is 4.99 Å². The van der Waals surface area contributed by atoms with Crippen LogP contribution in [0.2, 0.25) is 0 Å². The number of fused-ring (bicyclic) bond motifs is 2. The zero-order valence-electron chi connectivity index (χ0n) is 27.1. The lowest BCUT2D eigenvalue weighted by Gasteiger charge is -2.26. The van der Waals surface area contributed by atoms with Crippen molar-refractivity contribution >= 4 is 40.1 Å². The van der Waals surface area contributed by atoms with Crippen LogP contribution in [0, 0.1) is 13.8 Å². The molecule has 6 rings (SSSR count). The Bertz CT molecular complexity index is 2260. The highest BCUT2D eigenvalue weighted by Gasteiger charge is 2.34. The number of carbonyl (C=O) groups excluding carboxylic acids is 2. The Morgan fingerprint density at radius 3 is 2.28 bits per heavy atom. The van der Waals surface area contributed by atoms with Crippen molar-refractivity contribution in [3.63, 3.8) is 0 Å². The van der Waals surface area contributed by atoms with Crippen LogP contribution in [0.15, 0.2) is 87.8 Å². The summed E-state index contributed by atoms with van der Waals surface area (Å²) in [6.45, 7) is 9.80. The molecule has 5 aromatic rings. The van der Waals surface area contributed by atoms with Gasteiger partial charge in [-0.05, 0) is 93.6 Å². The molecule has 3 heterocycles. The molecule has 0 radical (unpaired) electrons. The summed E-state index contributed by atoms with van der Waals surface area (Å²) < 4.78 is 20.4. The van der Waals surface area contributed by atoms with Crippen molar-refractivity contribution in [2.45, 2.75) is 40.7 Å². The summed E-state index contributed by atoms with van der Waals surface area (Å²) in [6.07, 6.45) is 1.88. The molecule has 2 aromatic heterocycles. The van der Waals surface area contributed by atoms with Gasteiger partial charge in [0.15, 0.2) is 4.80 Å². The first-order chi connectivity index (χ1) is 22.7. The Morgan fingerprint density at radius 2 is 1.60 bits per heavy atom. The SMILES string of the molecule is CCOC(=O)C1=C(C)N=c2s/c(=C/c3cc(C)n(-c4ccc(C(=O)OCC)cc4)c3C)c(=O)n2[C@@H]1c1ccc(OC)c2ccccc12. The monoisotopic (exact) mass is 649 g/mol. The minimum atomic E-state index is -0.756. The number of carbonyl (C=O) groups is 2. The molecule has 1 atom stereocenters. The first kappa shape index (κ1) is 31.7. The van der Waals surface area contributed by atoms with Crippen molar-refractivity contribution in [1.82, 2.24) is 9.13 Å². The number of aromatic nitrogens is 2. The van der Waals surface area contributed by atoms with Crippen LogP contribution in [0.5, 0.6) is 5.75 Å². The second kappa shape index (κ2) is 12.9. The van der Waals surface area contributed by atoms with Crippen LogP contribution in [0.25, 0.3) is 22.5 Å². The molecule has 0 aliphatic carbocycles. The number of benzene rings is 3. The molecule has 0 spiro atoms. The molecular weight excluding hydrogens is 614 g/mol. The minimum Gasteiger partial charge on any atom is -0.496 e. The largest absolute Gasteiger partial charge is 0.496 e. The molecule has 0 bridgehead atoms. The van der Waals surface area contributed by atoms with E-state index in [1.165, 1.54) is 11.3 Å². The molecule has 0 amide bonds. The minimum absolute atomic E-state index is 0.192. The molecule has 0 unspecified atom stereocenters. The maximum Gasteiger partial charge on any atom is 0.338 e. The van der Waals surface area contributed by atoms with Crippen LogP contribution in [0.1, 0.15) is 59.7 Å². The van der Waals surface area contributed by atoms with Crippen LogP contribution in [-0.4, -0.2) is 41.4 Å². The first-order valence-electron chi connectivity index (χ1n) is 15.4. The van der Waals surface area contributed by atoms with Gasteiger partial charge in [0, 0.05) is 22.5 Å². The number of nitrogens with zero attached hydrogens (tertiary/aromatic N) is 3. The van der Waals surface area contributed by atoms with Gasteiger partial charge in [-0.3, -0.25) is 9.36 Å². The fourth-order valence-corrected chi connectivity index (χ4v) is 7.27. The number of thiazole rings is 1. The zero-order valence-corrected chi connectivity index (χ0v) is 27.9. The van der Waals surface area contributed by atoms with Gasteiger partial charge in [-0.2, -0.15) is 0 Å². The van der Waals surface area contributed by atoms with Crippen LogP contribution >= 0.6 is 11.3 Å². The van der Waals surface area contributed by atoms with Gasteiger partial charge in [0.05, 0.1) is 47.7 Å². The van der Waals surface area contributed by atoms with Crippen LogP contribution < -0.4 is 19.6 Å². The topological polar surface area (TPSA) is 101 Å². The summed E-state index contributed by atoms with van der Waals surface area (Å²) in [4.78, 5) is 45.2.